The van der Waals surface area contributed by atoms with Gasteiger partial charge in [-0.3, -0.25) is 4.79 Å². The molecule has 0 fully saturated rings. The number of benzene rings is 2. The first kappa shape index (κ1) is 18.7. The molecule has 1 aromatic heterocycles. The molecular formula is C21H20N2O3S. The van der Waals surface area contributed by atoms with Gasteiger partial charge in [-0.1, -0.05) is 18.2 Å². The number of ether oxygens (including phenoxy) is 2. The maximum atomic E-state index is 12.1. The van der Waals surface area contributed by atoms with E-state index in [9.17, 15) is 4.79 Å². The van der Waals surface area contributed by atoms with Gasteiger partial charge >= 0.3 is 0 Å². The van der Waals surface area contributed by atoms with Gasteiger partial charge in [-0.25, -0.2) is 5.43 Å². The summed E-state index contributed by atoms with van der Waals surface area (Å²) in [6.07, 6.45) is 1.63. The molecule has 3 aromatic rings. The molecule has 0 atom stereocenters. The average molecular weight is 380 g/mol. The van der Waals surface area contributed by atoms with Crippen molar-refractivity contribution in [1.82, 2.24) is 5.43 Å². The SMILES string of the molecule is CCOc1ccc(OCc2ccc(C(=O)N/N=C\c3cccs3)cc2)cc1. The van der Waals surface area contributed by atoms with E-state index in [4.69, 9.17) is 9.47 Å². The quantitative estimate of drug-likeness (QED) is 0.463. The second-order valence-electron chi connectivity index (χ2n) is 5.60. The number of hydrazone groups is 1. The lowest BCUT2D eigenvalue weighted by atomic mass is 10.1. The van der Waals surface area contributed by atoms with Gasteiger partial charge in [0.1, 0.15) is 18.1 Å². The number of hydrogen-bond donors (Lipinski definition) is 1. The van der Waals surface area contributed by atoms with E-state index in [1.54, 1.807) is 29.7 Å². The van der Waals surface area contributed by atoms with Crippen LogP contribution in [0.4, 0.5) is 0 Å². The Balaban J connectivity index is 1.49. The van der Waals surface area contributed by atoms with Crippen LogP contribution in [-0.2, 0) is 6.61 Å². The van der Waals surface area contributed by atoms with Crippen LogP contribution in [0.25, 0.3) is 0 Å². The zero-order chi connectivity index (χ0) is 18.9. The van der Waals surface area contributed by atoms with Crippen molar-refractivity contribution >= 4 is 23.5 Å². The highest BCUT2D eigenvalue weighted by Gasteiger charge is 2.04. The Labute approximate surface area is 162 Å². The summed E-state index contributed by atoms with van der Waals surface area (Å²) in [5, 5.41) is 5.92. The van der Waals surface area contributed by atoms with Crippen LogP contribution in [0.15, 0.2) is 71.1 Å². The van der Waals surface area contributed by atoms with E-state index in [0.29, 0.717) is 18.8 Å². The molecule has 27 heavy (non-hydrogen) atoms. The van der Waals surface area contributed by atoms with Crippen molar-refractivity contribution in [3.8, 4) is 11.5 Å². The fourth-order valence-corrected chi connectivity index (χ4v) is 2.89. The van der Waals surface area contributed by atoms with E-state index >= 15 is 0 Å². The van der Waals surface area contributed by atoms with Crippen molar-refractivity contribution in [1.29, 1.82) is 0 Å². The van der Waals surface area contributed by atoms with Gasteiger partial charge in [0.15, 0.2) is 0 Å². The molecule has 5 nitrogen and oxygen atoms in total. The second-order valence-corrected chi connectivity index (χ2v) is 6.58. The maximum Gasteiger partial charge on any atom is 0.271 e. The highest BCUT2D eigenvalue weighted by Crippen LogP contribution is 2.18. The molecule has 0 bridgehead atoms. The lowest BCUT2D eigenvalue weighted by Crippen LogP contribution is -2.17. The van der Waals surface area contributed by atoms with Crippen LogP contribution < -0.4 is 14.9 Å². The summed E-state index contributed by atoms with van der Waals surface area (Å²) in [6, 6.07) is 18.6. The minimum atomic E-state index is -0.248. The fourth-order valence-electron chi connectivity index (χ4n) is 2.30. The van der Waals surface area contributed by atoms with Gasteiger partial charge in [-0.05, 0) is 60.3 Å². The number of carbonyl (C=O) groups excluding carboxylic acids is 1. The molecule has 0 unspecified atom stereocenters. The largest absolute Gasteiger partial charge is 0.494 e. The summed E-state index contributed by atoms with van der Waals surface area (Å²) < 4.78 is 11.2. The van der Waals surface area contributed by atoms with E-state index < -0.39 is 0 Å². The number of amides is 1. The van der Waals surface area contributed by atoms with Crippen molar-refractivity contribution in [3.63, 3.8) is 0 Å². The van der Waals surface area contributed by atoms with Crippen molar-refractivity contribution in [3.05, 3.63) is 82.0 Å². The van der Waals surface area contributed by atoms with Gasteiger partial charge in [0, 0.05) is 10.4 Å². The van der Waals surface area contributed by atoms with Gasteiger partial charge < -0.3 is 9.47 Å². The minimum absolute atomic E-state index is 0.248. The van der Waals surface area contributed by atoms with Crippen LogP contribution in [0, 0.1) is 0 Å². The van der Waals surface area contributed by atoms with Crippen LogP contribution in [0.2, 0.25) is 0 Å². The summed E-state index contributed by atoms with van der Waals surface area (Å²) in [7, 11) is 0. The molecule has 0 aliphatic rings. The Morgan fingerprint density at radius 1 is 1.04 bits per heavy atom. The fraction of sp³-hybridized carbons (Fsp3) is 0.143. The molecule has 1 amide bonds. The zero-order valence-corrected chi connectivity index (χ0v) is 15.7. The summed E-state index contributed by atoms with van der Waals surface area (Å²) in [5.74, 6) is 1.34. The average Bonchev–Trinajstić information content (AvgIpc) is 3.21. The Morgan fingerprint density at radius 2 is 1.74 bits per heavy atom. The standard InChI is InChI=1S/C21H20N2O3S/c1-2-25-18-9-11-19(12-10-18)26-15-16-5-7-17(8-6-16)21(24)23-22-14-20-4-3-13-27-20/h3-14H,2,15H2,1H3,(H,23,24)/b22-14-. The van der Waals surface area contributed by atoms with Crippen LogP contribution in [0.5, 0.6) is 11.5 Å². The second kappa shape index (κ2) is 9.54. The molecule has 0 spiro atoms. The molecule has 0 radical (unpaired) electrons. The number of carbonyl (C=O) groups is 1. The van der Waals surface area contributed by atoms with E-state index in [-0.39, 0.29) is 5.91 Å². The smallest absolute Gasteiger partial charge is 0.271 e. The van der Waals surface area contributed by atoms with Gasteiger partial charge in [0.05, 0.1) is 12.8 Å². The van der Waals surface area contributed by atoms with Crippen LogP contribution in [0.3, 0.4) is 0 Å². The molecule has 1 N–H and O–H groups in total. The van der Waals surface area contributed by atoms with Crippen LogP contribution >= 0.6 is 11.3 Å². The Kier molecular flexibility index (Phi) is 6.60. The first-order valence-electron chi connectivity index (χ1n) is 8.56. The summed E-state index contributed by atoms with van der Waals surface area (Å²) in [5.41, 5.74) is 4.04. The number of nitrogens with zero attached hydrogens (tertiary/aromatic N) is 1. The number of thiophene rings is 1. The lowest BCUT2D eigenvalue weighted by molar-refractivity contribution is 0.0955. The number of rotatable bonds is 8. The van der Waals surface area contributed by atoms with Crippen molar-refractivity contribution in [2.45, 2.75) is 13.5 Å². The molecule has 0 saturated carbocycles. The molecule has 1 heterocycles. The molecule has 0 aliphatic heterocycles. The predicted octanol–water partition coefficient (Wildman–Crippen LogP) is 4.49. The topological polar surface area (TPSA) is 59.9 Å². The molecule has 0 saturated heterocycles. The summed E-state index contributed by atoms with van der Waals surface area (Å²) >= 11 is 1.56. The molecular weight excluding hydrogens is 360 g/mol. The minimum Gasteiger partial charge on any atom is -0.494 e. The molecule has 3 rings (SSSR count). The molecule has 0 aliphatic carbocycles. The Hall–Kier alpha value is -3.12. The third-order valence-corrected chi connectivity index (χ3v) is 4.46. The monoisotopic (exact) mass is 380 g/mol. The zero-order valence-electron chi connectivity index (χ0n) is 14.9. The maximum absolute atomic E-state index is 12.1. The van der Waals surface area contributed by atoms with Crippen LogP contribution in [0.1, 0.15) is 27.7 Å². The molecule has 6 heteroatoms. The van der Waals surface area contributed by atoms with E-state index in [0.717, 1.165) is 21.9 Å². The van der Waals surface area contributed by atoms with Crippen molar-refractivity contribution in [2.75, 3.05) is 6.61 Å². The molecule has 2 aromatic carbocycles. The third kappa shape index (κ3) is 5.69. The normalized spacial score (nSPS) is 10.7. The Morgan fingerprint density at radius 3 is 2.37 bits per heavy atom. The number of nitrogens with one attached hydrogen (secondary N) is 1. The predicted molar refractivity (Wildman–Crippen MR) is 108 cm³/mol. The van der Waals surface area contributed by atoms with E-state index in [1.165, 1.54) is 0 Å². The van der Waals surface area contributed by atoms with Gasteiger partial charge in [-0.2, -0.15) is 5.10 Å². The summed E-state index contributed by atoms with van der Waals surface area (Å²) in [4.78, 5) is 13.1. The van der Waals surface area contributed by atoms with Gasteiger partial charge in [-0.15, -0.1) is 11.3 Å². The highest BCUT2D eigenvalue weighted by molar-refractivity contribution is 7.11. The molecule has 138 valence electrons. The first-order valence-corrected chi connectivity index (χ1v) is 9.44. The summed E-state index contributed by atoms with van der Waals surface area (Å²) in [6.45, 7) is 3.01. The first-order chi connectivity index (χ1) is 13.2. The lowest BCUT2D eigenvalue weighted by Gasteiger charge is -2.08. The van der Waals surface area contributed by atoms with Crippen molar-refractivity contribution < 1.29 is 14.3 Å². The van der Waals surface area contributed by atoms with Crippen LogP contribution in [-0.4, -0.2) is 18.7 Å². The van der Waals surface area contributed by atoms with Gasteiger partial charge in [0.2, 0.25) is 0 Å². The Bertz CT molecular complexity index is 873. The van der Waals surface area contributed by atoms with Gasteiger partial charge in [0.25, 0.3) is 5.91 Å². The third-order valence-electron chi connectivity index (χ3n) is 3.66. The number of hydrogen-bond acceptors (Lipinski definition) is 5. The highest BCUT2D eigenvalue weighted by atomic mass is 32.1. The van der Waals surface area contributed by atoms with E-state index in [1.807, 2.05) is 60.8 Å². The van der Waals surface area contributed by atoms with Crippen molar-refractivity contribution in [2.24, 2.45) is 5.10 Å². The van der Waals surface area contributed by atoms with E-state index in [2.05, 4.69) is 10.5 Å².